The van der Waals surface area contributed by atoms with Gasteiger partial charge < -0.3 is 34.3 Å². The summed E-state index contributed by atoms with van der Waals surface area (Å²) in [6.07, 6.45) is 40.5. The van der Waals surface area contributed by atoms with Crippen LogP contribution in [0.2, 0.25) is 0 Å². The molecule has 0 bridgehead atoms. The third-order valence-electron chi connectivity index (χ3n) is 9.96. The van der Waals surface area contributed by atoms with Crippen molar-refractivity contribution in [3.05, 3.63) is 85.1 Å². The highest BCUT2D eigenvalue weighted by Gasteiger charge is 2.46. The minimum atomic E-state index is -4.61. The van der Waals surface area contributed by atoms with Crippen LogP contribution in [-0.4, -0.2) is 96.0 Å². The topological polar surface area (TPSA) is 186 Å². The lowest BCUT2D eigenvalue weighted by atomic mass is 10.00. The summed E-state index contributed by atoms with van der Waals surface area (Å²) < 4.78 is 54.0. The molecule has 0 aromatic carbocycles. The number of unbranched alkanes of at least 4 members (excludes halogenated alkanes) is 11. The summed E-state index contributed by atoms with van der Waals surface area (Å²) >= 11 is 0. The number of rotatable bonds is 37. The second-order valence-electron chi connectivity index (χ2n) is 15.7. The van der Waals surface area contributed by atoms with Crippen molar-refractivity contribution in [2.45, 2.75) is 192 Å². The zero-order valence-electron chi connectivity index (χ0n) is 37.7. The zero-order valence-corrected chi connectivity index (χ0v) is 38.5. The van der Waals surface area contributed by atoms with Crippen molar-refractivity contribution in [2.75, 3.05) is 19.0 Å². The third-order valence-corrected chi connectivity index (χ3v) is 10.7. The predicted octanol–water partition coefficient (Wildman–Crippen LogP) is 9.67. The molecule has 62 heavy (non-hydrogen) atoms. The number of aliphatic hydroxyl groups excluding tert-OH is 3. The summed E-state index contributed by atoms with van der Waals surface area (Å²) in [5.41, 5.74) is 0. The molecule has 1 rings (SSSR count). The van der Waals surface area contributed by atoms with Crippen LogP contribution in [-0.2, 0) is 38.7 Å². The first kappa shape index (κ1) is 56.8. The van der Waals surface area contributed by atoms with E-state index in [-0.39, 0.29) is 19.4 Å². The fraction of sp³-hybridized carbons (Fsp3) is 0.673. The number of carbonyl (C=O) groups excluding carboxylic acids is 2. The van der Waals surface area contributed by atoms with Gasteiger partial charge in [-0.3, -0.25) is 14.1 Å². The normalized spacial score (nSPS) is 20.6. The molecule has 0 aliphatic carbocycles. The van der Waals surface area contributed by atoms with Crippen LogP contribution in [0.5, 0.6) is 0 Å². The molecule has 6 atom stereocenters. The molecule has 354 valence electrons. The maximum atomic E-state index is 12.8. The van der Waals surface area contributed by atoms with Gasteiger partial charge in [-0.1, -0.05) is 137 Å². The largest absolute Gasteiger partial charge is 0.462 e. The highest BCUT2D eigenvalue weighted by molar-refractivity contribution is 7.85. The van der Waals surface area contributed by atoms with Crippen LogP contribution in [0.25, 0.3) is 0 Å². The molecule has 1 saturated heterocycles. The summed E-state index contributed by atoms with van der Waals surface area (Å²) in [6, 6.07) is 0. The first-order valence-electron chi connectivity index (χ1n) is 23.1. The van der Waals surface area contributed by atoms with E-state index in [2.05, 4.69) is 98.9 Å². The predicted molar refractivity (Wildman–Crippen MR) is 247 cm³/mol. The van der Waals surface area contributed by atoms with Crippen molar-refractivity contribution in [1.29, 1.82) is 0 Å². The lowest BCUT2D eigenvalue weighted by Crippen LogP contribution is -2.60. The van der Waals surface area contributed by atoms with Gasteiger partial charge in [0.15, 0.2) is 12.4 Å². The number of esters is 2. The van der Waals surface area contributed by atoms with E-state index in [1.807, 2.05) is 0 Å². The van der Waals surface area contributed by atoms with Gasteiger partial charge in [-0.25, -0.2) is 0 Å². The number of aliphatic hydroxyl groups is 3. The molecule has 12 nitrogen and oxygen atoms in total. The van der Waals surface area contributed by atoms with Crippen LogP contribution in [0.15, 0.2) is 85.1 Å². The van der Waals surface area contributed by atoms with Crippen molar-refractivity contribution in [1.82, 2.24) is 0 Å². The Balaban J connectivity index is 2.48. The molecule has 1 aliphatic heterocycles. The lowest BCUT2D eigenvalue weighted by Gasteiger charge is -2.40. The number of hydrogen-bond acceptors (Lipinski definition) is 11. The molecule has 13 heteroatoms. The van der Waals surface area contributed by atoms with Gasteiger partial charge in [0.2, 0.25) is 0 Å². The van der Waals surface area contributed by atoms with E-state index >= 15 is 0 Å². The first-order chi connectivity index (χ1) is 30.0. The van der Waals surface area contributed by atoms with Crippen LogP contribution in [0, 0.1) is 0 Å². The maximum absolute atomic E-state index is 12.8. The van der Waals surface area contributed by atoms with Crippen LogP contribution in [0.1, 0.15) is 155 Å². The Morgan fingerprint density at radius 3 is 1.53 bits per heavy atom. The van der Waals surface area contributed by atoms with Crippen molar-refractivity contribution in [2.24, 2.45) is 0 Å². The smallest absolute Gasteiger partial charge is 0.306 e. The van der Waals surface area contributed by atoms with Gasteiger partial charge in [-0.05, 0) is 89.9 Å². The molecule has 0 aromatic heterocycles. The number of allylic oxidation sites excluding steroid dienone is 14. The first-order valence-corrected chi connectivity index (χ1v) is 24.8. The Hall–Kier alpha value is -3.17. The molecule has 0 radical (unpaired) electrons. The average Bonchev–Trinajstić information content (AvgIpc) is 3.24. The van der Waals surface area contributed by atoms with Crippen LogP contribution in [0.3, 0.4) is 0 Å². The van der Waals surface area contributed by atoms with E-state index in [0.29, 0.717) is 12.8 Å². The highest BCUT2D eigenvalue weighted by Crippen LogP contribution is 2.24. The Kier molecular flexibility index (Phi) is 35.1. The van der Waals surface area contributed by atoms with Crippen LogP contribution >= 0.6 is 0 Å². The minimum absolute atomic E-state index is 0.136. The maximum Gasteiger partial charge on any atom is 0.306 e. The van der Waals surface area contributed by atoms with Crippen molar-refractivity contribution < 1.29 is 56.8 Å². The van der Waals surface area contributed by atoms with E-state index < -0.39 is 71.2 Å². The fourth-order valence-electron chi connectivity index (χ4n) is 6.38. The monoisotopic (exact) mass is 893 g/mol. The Labute approximate surface area is 373 Å². The van der Waals surface area contributed by atoms with Gasteiger partial charge in [0.25, 0.3) is 10.1 Å². The van der Waals surface area contributed by atoms with Crippen molar-refractivity contribution >= 4 is 22.1 Å². The summed E-state index contributed by atoms with van der Waals surface area (Å²) in [6.45, 7) is 3.57. The molecule has 1 aliphatic rings. The molecule has 1 fully saturated rings. The van der Waals surface area contributed by atoms with Gasteiger partial charge in [0.05, 0.1) is 6.61 Å². The zero-order chi connectivity index (χ0) is 45.5. The number of ether oxygens (including phenoxy) is 4. The quantitative estimate of drug-likeness (QED) is 0.0201. The average molecular weight is 893 g/mol. The third kappa shape index (κ3) is 32.5. The molecular weight excluding hydrogens is 813 g/mol. The molecule has 1 heterocycles. The van der Waals surface area contributed by atoms with Crippen LogP contribution in [0.4, 0.5) is 0 Å². The van der Waals surface area contributed by atoms with E-state index in [1.54, 1.807) is 0 Å². The SMILES string of the molecule is CC/C=C/C/C=C/C/C=C/C/C=C/C/C=C/CCCCCC(=O)OC[C@H](CO[C@H]1O[C@H](CS(=O)(=O)O)[C@@H](O)C(O)C1O)OC(=O)CCCCCCC/C=C/C/C=C/CCCCC. The van der Waals surface area contributed by atoms with E-state index in [4.69, 9.17) is 18.9 Å². The molecule has 0 spiro atoms. The van der Waals surface area contributed by atoms with Gasteiger partial charge in [0, 0.05) is 12.8 Å². The number of hydrogen-bond donors (Lipinski definition) is 4. The fourth-order valence-corrected chi connectivity index (χ4v) is 7.07. The number of carbonyl (C=O) groups is 2. The second-order valence-corrected chi connectivity index (χ2v) is 17.2. The molecule has 2 unspecified atom stereocenters. The second kappa shape index (κ2) is 38.3. The van der Waals surface area contributed by atoms with Gasteiger partial charge in [0.1, 0.15) is 36.8 Å². The summed E-state index contributed by atoms with van der Waals surface area (Å²) in [4.78, 5) is 25.4. The van der Waals surface area contributed by atoms with Gasteiger partial charge >= 0.3 is 11.9 Å². The highest BCUT2D eigenvalue weighted by atomic mass is 32.2. The van der Waals surface area contributed by atoms with E-state index in [9.17, 15) is 37.9 Å². The molecule has 0 saturated carbocycles. The van der Waals surface area contributed by atoms with Gasteiger partial charge in [-0.2, -0.15) is 8.42 Å². The molecule has 4 N–H and O–H groups in total. The minimum Gasteiger partial charge on any atom is -0.462 e. The van der Waals surface area contributed by atoms with Crippen LogP contribution < -0.4 is 0 Å². The summed E-state index contributed by atoms with van der Waals surface area (Å²) in [5, 5.41) is 30.9. The van der Waals surface area contributed by atoms with Gasteiger partial charge in [-0.15, -0.1) is 0 Å². The van der Waals surface area contributed by atoms with Crippen molar-refractivity contribution in [3.8, 4) is 0 Å². The van der Waals surface area contributed by atoms with E-state index in [1.165, 1.54) is 19.3 Å². The van der Waals surface area contributed by atoms with Crippen molar-refractivity contribution in [3.63, 3.8) is 0 Å². The standard InChI is InChI=1S/C49H80O12S/c1-3-5-7-9-11-13-15-17-19-20-21-22-24-25-27-29-31-33-35-37-44(50)58-39-42(40-59-49-48(54)47(53)46(52)43(61-49)41-62(55,56)57)60-45(51)38-36-34-32-30-28-26-23-18-16-14-12-10-8-6-4-2/h5,7,11-14,17-19,21-23,25,27,42-43,46-49,52-54H,3-4,6,8-10,15-16,20,24,26,28-41H2,1-2H3,(H,55,56,57)/b7-5+,13-11+,14-12+,19-17+,22-21+,23-18+,27-25+/t42-,43-,46-,47?,48?,49+/m1/s1. The molecule has 0 aromatic rings. The summed E-state index contributed by atoms with van der Waals surface area (Å²) in [7, 11) is -4.61. The summed E-state index contributed by atoms with van der Waals surface area (Å²) in [5.74, 6) is -2.06. The Bertz CT molecular complexity index is 1460. The van der Waals surface area contributed by atoms with E-state index in [0.717, 1.165) is 96.3 Å². The Morgan fingerprint density at radius 2 is 1.02 bits per heavy atom. The molecular formula is C49H80O12S. The Morgan fingerprint density at radius 1 is 0.565 bits per heavy atom. The molecule has 0 amide bonds. The lowest BCUT2D eigenvalue weighted by molar-refractivity contribution is -0.297.